The van der Waals surface area contributed by atoms with Gasteiger partial charge in [-0.3, -0.25) is 4.79 Å². The lowest BCUT2D eigenvalue weighted by Crippen LogP contribution is -2.13. The van der Waals surface area contributed by atoms with E-state index in [-0.39, 0.29) is 11.9 Å². The Kier molecular flexibility index (Phi) is 1.88. The fraction of sp³-hybridized carbons (Fsp3) is 0.833. The van der Waals surface area contributed by atoms with Crippen molar-refractivity contribution in [2.45, 2.75) is 11.5 Å². The van der Waals surface area contributed by atoms with Crippen LogP contribution < -0.4 is 0 Å². The van der Waals surface area contributed by atoms with Crippen LogP contribution in [0.5, 0.6) is 0 Å². The molecule has 1 saturated carbocycles. The number of carbonyl (C=O) groups excluding carboxylic acids is 1. The van der Waals surface area contributed by atoms with Crippen LogP contribution in [0.2, 0.25) is 0 Å². The highest BCUT2D eigenvalue weighted by Crippen LogP contribution is 2.50. The van der Waals surface area contributed by atoms with Gasteiger partial charge in [0.15, 0.2) is 5.06 Å². The Balaban J connectivity index is 2.44. The van der Waals surface area contributed by atoms with E-state index in [1.165, 1.54) is 14.2 Å². The van der Waals surface area contributed by atoms with Gasteiger partial charge >= 0.3 is 5.97 Å². The fourth-order valence-electron chi connectivity index (χ4n) is 0.847. The number of rotatable bonds is 2. The third-order valence-electron chi connectivity index (χ3n) is 1.67. The molecule has 4 heteroatoms. The summed E-state index contributed by atoms with van der Waals surface area (Å²) in [4.78, 5) is 10.8. The van der Waals surface area contributed by atoms with Crippen molar-refractivity contribution in [3.05, 3.63) is 0 Å². The average molecular weight is 165 g/mol. The number of carbonyl (C=O) groups is 1. The predicted octanol–water partition coefficient (Wildman–Crippen LogP) is 0.761. The second-order valence-electron chi connectivity index (χ2n) is 2.27. The van der Waals surface area contributed by atoms with E-state index in [0.717, 1.165) is 0 Å². The monoisotopic (exact) mass is 164 g/mol. The minimum absolute atomic E-state index is 0.274. The van der Waals surface area contributed by atoms with Crippen LogP contribution >= 0.6 is 11.6 Å². The van der Waals surface area contributed by atoms with E-state index < -0.39 is 5.06 Å². The Labute approximate surface area is 64.3 Å². The number of ether oxygens (including phenoxy) is 2. The molecule has 1 aliphatic carbocycles. The number of alkyl halides is 1. The number of hydrogen-bond donors (Lipinski definition) is 0. The summed E-state index contributed by atoms with van der Waals surface area (Å²) in [7, 11) is 2.82. The maximum atomic E-state index is 10.8. The first-order valence-corrected chi connectivity index (χ1v) is 3.33. The van der Waals surface area contributed by atoms with Gasteiger partial charge in [-0.15, -0.1) is 0 Å². The zero-order valence-corrected chi connectivity index (χ0v) is 6.64. The van der Waals surface area contributed by atoms with Crippen LogP contribution in [0.1, 0.15) is 6.42 Å². The van der Waals surface area contributed by atoms with Gasteiger partial charge in [0.1, 0.15) is 5.92 Å². The minimum atomic E-state index is -0.771. The molecule has 0 bridgehead atoms. The van der Waals surface area contributed by atoms with E-state index in [0.29, 0.717) is 6.42 Å². The first kappa shape index (κ1) is 7.82. The van der Waals surface area contributed by atoms with Crippen molar-refractivity contribution in [2.75, 3.05) is 14.2 Å². The summed E-state index contributed by atoms with van der Waals surface area (Å²) < 4.78 is 9.32. The summed E-state index contributed by atoms with van der Waals surface area (Å²) in [5.41, 5.74) is 0. The number of hydrogen-bond acceptors (Lipinski definition) is 3. The molecule has 2 atom stereocenters. The third kappa shape index (κ3) is 1.11. The van der Waals surface area contributed by atoms with Gasteiger partial charge in [-0.2, -0.15) is 0 Å². The minimum Gasteiger partial charge on any atom is -0.469 e. The van der Waals surface area contributed by atoms with Crippen LogP contribution in [-0.2, 0) is 14.3 Å². The van der Waals surface area contributed by atoms with E-state index >= 15 is 0 Å². The zero-order valence-electron chi connectivity index (χ0n) is 5.89. The maximum absolute atomic E-state index is 10.8. The van der Waals surface area contributed by atoms with Gasteiger partial charge in [0, 0.05) is 13.5 Å². The molecular formula is C6H9ClO3. The van der Waals surface area contributed by atoms with Gasteiger partial charge in [0.05, 0.1) is 7.11 Å². The summed E-state index contributed by atoms with van der Waals surface area (Å²) in [6.07, 6.45) is 0.553. The van der Waals surface area contributed by atoms with Crippen molar-refractivity contribution in [1.82, 2.24) is 0 Å². The maximum Gasteiger partial charge on any atom is 0.313 e. The van der Waals surface area contributed by atoms with Crippen molar-refractivity contribution in [3.63, 3.8) is 0 Å². The first-order valence-electron chi connectivity index (χ1n) is 2.96. The molecule has 2 unspecified atom stereocenters. The molecule has 0 aromatic heterocycles. The summed E-state index contributed by atoms with van der Waals surface area (Å²) >= 11 is 5.75. The van der Waals surface area contributed by atoms with Crippen molar-refractivity contribution in [2.24, 2.45) is 5.92 Å². The van der Waals surface area contributed by atoms with Gasteiger partial charge in [-0.25, -0.2) is 0 Å². The van der Waals surface area contributed by atoms with Gasteiger partial charge in [0.25, 0.3) is 0 Å². The molecule has 0 aliphatic heterocycles. The molecule has 0 spiro atoms. The largest absolute Gasteiger partial charge is 0.469 e. The fourth-order valence-corrected chi connectivity index (χ4v) is 1.09. The molecule has 1 rings (SSSR count). The Bertz CT molecular complexity index is 159. The standard InChI is InChI=1S/C6H9ClO3/c1-9-5(8)4-3-6(4,7)10-2/h4H,3H2,1-2H3. The van der Waals surface area contributed by atoms with Crippen LogP contribution in [0, 0.1) is 5.92 Å². The first-order chi connectivity index (χ1) is 4.64. The Morgan fingerprint density at radius 1 is 1.70 bits per heavy atom. The van der Waals surface area contributed by atoms with Crippen LogP contribution in [0.3, 0.4) is 0 Å². The van der Waals surface area contributed by atoms with Gasteiger partial charge in [-0.05, 0) is 0 Å². The molecular weight excluding hydrogens is 156 g/mol. The molecule has 0 heterocycles. The van der Waals surface area contributed by atoms with E-state index in [2.05, 4.69) is 4.74 Å². The SMILES string of the molecule is COC(=O)C1CC1(Cl)OC. The van der Waals surface area contributed by atoms with E-state index in [1.807, 2.05) is 0 Å². The quantitative estimate of drug-likeness (QED) is 0.447. The highest BCUT2D eigenvalue weighted by molar-refractivity contribution is 6.27. The molecule has 0 saturated heterocycles. The highest BCUT2D eigenvalue weighted by atomic mass is 35.5. The summed E-state index contributed by atoms with van der Waals surface area (Å²) in [6, 6.07) is 0. The molecule has 0 N–H and O–H groups in total. The molecule has 0 radical (unpaired) electrons. The summed E-state index contributed by atoms with van der Waals surface area (Å²) in [6.45, 7) is 0. The number of halogens is 1. The van der Waals surface area contributed by atoms with Crippen LogP contribution in [0.25, 0.3) is 0 Å². The van der Waals surface area contributed by atoms with E-state index in [1.54, 1.807) is 0 Å². The smallest absolute Gasteiger partial charge is 0.313 e. The summed E-state index contributed by atoms with van der Waals surface area (Å²) in [5, 5.41) is -0.771. The summed E-state index contributed by atoms with van der Waals surface area (Å²) in [5.74, 6) is -0.569. The zero-order chi connectivity index (χ0) is 7.78. The molecule has 0 aromatic carbocycles. The van der Waals surface area contributed by atoms with Crippen LogP contribution in [0.15, 0.2) is 0 Å². The lowest BCUT2D eigenvalue weighted by Gasteiger charge is -2.03. The lowest BCUT2D eigenvalue weighted by molar-refractivity contribution is -0.143. The highest BCUT2D eigenvalue weighted by Gasteiger charge is 2.59. The van der Waals surface area contributed by atoms with Crippen molar-refractivity contribution in [1.29, 1.82) is 0 Å². The second-order valence-corrected chi connectivity index (χ2v) is 2.91. The van der Waals surface area contributed by atoms with Crippen molar-refractivity contribution >= 4 is 17.6 Å². The normalized spacial score (nSPS) is 37.3. The van der Waals surface area contributed by atoms with Crippen LogP contribution in [-0.4, -0.2) is 25.2 Å². The average Bonchev–Trinajstić information content (AvgIpc) is 2.62. The predicted molar refractivity (Wildman–Crippen MR) is 35.7 cm³/mol. The van der Waals surface area contributed by atoms with Gasteiger partial charge < -0.3 is 9.47 Å². The molecule has 58 valence electrons. The van der Waals surface area contributed by atoms with E-state index in [4.69, 9.17) is 16.3 Å². The second kappa shape index (κ2) is 2.40. The number of methoxy groups -OCH3 is 2. The number of esters is 1. The van der Waals surface area contributed by atoms with Crippen LogP contribution in [0.4, 0.5) is 0 Å². The Hall–Kier alpha value is -0.280. The van der Waals surface area contributed by atoms with Crippen molar-refractivity contribution in [3.8, 4) is 0 Å². The topological polar surface area (TPSA) is 35.5 Å². The lowest BCUT2D eigenvalue weighted by atomic mass is 10.4. The molecule has 0 amide bonds. The Morgan fingerprint density at radius 2 is 2.30 bits per heavy atom. The molecule has 3 nitrogen and oxygen atoms in total. The Morgan fingerprint density at radius 3 is 2.60 bits per heavy atom. The molecule has 1 fully saturated rings. The van der Waals surface area contributed by atoms with Crippen molar-refractivity contribution < 1.29 is 14.3 Å². The van der Waals surface area contributed by atoms with Gasteiger partial charge in [-0.1, -0.05) is 11.6 Å². The third-order valence-corrected chi connectivity index (χ3v) is 2.24. The van der Waals surface area contributed by atoms with Gasteiger partial charge in [0.2, 0.25) is 0 Å². The molecule has 10 heavy (non-hydrogen) atoms. The molecule has 0 aromatic rings. The van der Waals surface area contributed by atoms with E-state index in [9.17, 15) is 4.79 Å². The molecule has 1 aliphatic rings.